The van der Waals surface area contributed by atoms with E-state index in [2.05, 4.69) is 4.98 Å². The second-order valence-electron chi connectivity index (χ2n) is 3.97. The molecule has 1 aliphatic rings. The molecule has 2 atom stereocenters. The summed E-state index contributed by atoms with van der Waals surface area (Å²) >= 11 is 1.18. The van der Waals surface area contributed by atoms with Crippen LogP contribution < -0.4 is 0 Å². The van der Waals surface area contributed by atoms with Crippen LogP contribution in [0, 0.1) is 6.92 Å². The first-order valence-electron chi connectivity index (χ1n) is 5.12. The minimum absolute atomic E-state index is 0.0626. The molecule has 0 saturated carbocycles. The fourth-order valence-corrected chi connectivity index (χ4v) is 2.67. The number of amides is 1. The summed E-state index contributed by atoms with van der Waals surface area (Å²) in [6.07, 6.45) is -0.688. The van der Waals surface area contributed by atoms with Crippen molar-refractivity contribution in [3.8, 4) is 0 Å². The fourth-order valence-electron chi connectivity index (χ4n) is 1.91. The zero-order valence-corrected chi connectivity index (χ0v) is 9.98. The zero-order chi connectivity index (χ0) is 12.6. The summed E-state index contributed by atoms with van der Waals surface area (Å²) in [6.45, 7) is 1.76. The molecule has 1 fully saturated rings. The molecule has 0 unspecified atom stereocenters. The minimum Gasteiger partial charge on any atom is -0.480 e. The van der Waals surface area contributed by atoms with E-state index in [-0.39, 0.29) is 18.9 Å². The number of carbonyl (C=O) groups is 2. The Kier molecular flexibility index (Phi) is 3.12. The highest BCUT2D eigenvalue weighted by Crippen LogP contribution is 2.23. The third-order valence-electron chi connectivity index (χ3n) is 2.76. The summed E-state index contributed by atoms with van der Waals surface area (Å²) in [5, 5.41) is 18.5. The van der Waals surface area contributed by atoms with Gasteiger partial charge in [-0.2, -0.15) is 0 Å². The number of rotatable bonds is 2. The number of β-amino-alcohol motifs (C(OH)–C–C–N with tert-alkyl or cyclic N) is 1. The van der Waals surface area contributed by atoms with Crippen molar-refractivity contribution in [3.05, 3.63) is 16.1 Å². The van der Waals surface area contributed by atoms with Crippen LogP contribution in [0.3, 0.4) is 0 Å². The molecular formula is C10H12N2O4S. The topological polar surface area (TPSA) is 90.7 Å². The van der Waals surface area contributed by atoms with Crippen molar-refractivity contribution < 1.29 is 19.8 Å². The molecule has 0 bridgehead atoms. The first-order valence-corrected chi connectivity index (χ1v) is 6.00. The SMILES string of the molecule is Cc1ncsc1C(=O)N1C[C@H](O)C[C@@H]1C(=O)O. The number of aliphatic carboxylic acids is 1. The van der Waals surface area contributed by atoms with Gasteiger partial charge in [0, 0.05) is 13.0 Å². The van der Waals surface area contributed by atoms with Crippen LogP contribution in [0.15, 0.2) is 5.51 Å². The number of aryl methyl sites for hydroxylation is 1. The number of nitrogens with zero attached hydrogens (tertiary/aromatic N) is 2. The van der Waals surface area contributed by atoms with Gasteiger partial charge in [-0.05, 0) is 6.92 Å². The first kappa shape index (κ1) is 12.0. The molecule has 7 heteroatoms. The molecule has 2 rings (SSSR count). The number of aromatic nitrogens is 1. The van der Waals surface area contributed by atoms with Gasteiger partial charge < -0.3 is 15.1 Å². The van der Waals surface area contributed by atoms with Crippen molar-refractivity contribution in [2.24, 2.45) is 0 Å². The Balaban J connectivity index is 2.25. The van der Waals surface area contributed by atoms with Crippen molar-refractivity contribution in [1.29, 1.82) is 0 Å². The molecule has 17 heavy (non-hydrogen) atoms. The average molecular weight is 256 g/mol. The van der Waals surface area contributed by atoms with Crippen molar-refractivity contribution in [2.45, 2.75) is 25.5 Å². The molecule has 0 spiro atoms. The quantitative estimate of drug-likeness (QED) is 0.783. The second kappa shape index (κ2) is 4.42. The largest absolute Gasteiger partial charge is 0.480 e. The summed E-state index contributed by atoms with van der Waals surface area (Å²) in [5.41, 5.74) is 2.13. The number of hydrogen-bond donors (Lipinski definition) is 2. The van der Waals surface area contributed by atoms with Gasteiger partial charge >= 0.3 is 5.97 Å². The predicted octanol–water partition coefficient (Wildman–Crippen LogP) is 0.112. The van der Waals surface area contributed by atoms with E-state index in [0.29, 0.717) is 10.6 Å². The van der Waals surface area contributed by atoms with Gasteiger partial charge in [-0.15, -0.1) is 11.3 Å². The number of hydrogen-bond acceptors (Lipinski definition) is 5. The van der Waals surface area contributed by atoms with E-state index >= 15 is 0 Å². The number of aliphatic hydroxyl groups is 1. The molecule has 1 aromatic heterocycles. The molecule has 2 heterocycles. The third kappa shape index (κ3) is 2.16. The number of carboxylic acids is 1. The highest BCUT2D eigenvalue weighted by Gasteiger charge is 2.39. The third-order valence-corrected chi connectivity index (χ3v) is 3.68. The van der Waals surface area contributed by atoms with Crippen LogP contribution >= 0.6 is 11.3 Å². The van der Waals surface area contributed by atoms with E-state index in [4.69, 9.17) is 5.11 Å². The Bertz CT molecular complexity index is 459. The average Bonchev–Trinajstić information content (AvgIpc) is 2.83. The normalized spacial score (nSPS) is 24.0. The summed E-state index contributed by atoms with van der Waals surface area (Å²) in [7, 11) is 0. The lowest BCUT2D eigenvalue weighted by Gasteiger charge is -2.20. The van der Waals surface area contributed by atoms with Crippen molar-refractivity contribution >= 4 is 23.2 Å². The highest BCUT2D eigenvalue weighted by atomic mass is 32.1. The van der Waals surface area contributed by atoms with Gasteiger partial charge in [0.15, 0.2) is 0 Å². The Labute approximate surface area is 102 Å². The molecule has 1 amide bonds. The van der Waals surface area contributed by atoms with E-state index in [9.17, 15) is 14.7 Å². The number of likely N-dealkylation sites (tertiary alicyclic amines) is 1. The Morgan fingerprint density at radius 3 is 2.82 bits per heavy atom. The molecule has 0 aliphatic carbocycles. The lowest BCUT2D eigenvalue weighted by molar-refractivity contribution is -0.141. The Morgan fingerprint density at radius 1 is 1.59 bits per heavy atom. The fraction of sp³-hybridized carbons (Fsp3) is 0.500. The van der Waals surface area contributed by atoms with Crippen LogP contribution in [-0.2, 0) is 4.79 Å². The molecule has 0 aromatic carbocycles. The van der Waals surface area contributed by atoms with E-state index < -0.39 is 18.1 Å². The van der Waals surface area contributed by atoms with Crippen LogP contribution in [0.5, 0.6) is 0 Å². The van der Waals surface area contributed by atoms with Crippen LogP contribution in [0.25, 0.3) is 0 Å². The molecule has 6 nitrogen and oxygen atoms in total. The van der Waals surface area contributed by atoms with Crippen molar-refractivity contribution in [1.82, 2.24) is 9.88 Å². The van der Waals surface area contributed by atoms with Crippen LogP contribution in [0.2, 0.25) is 0 Å². The van der Waals surface area contributed by atoms with Crippen molar-refractivity contribution in [3.63, 3.8) is 0 Å². The maximum atomic E-state index is 12.1. The van der Waals surface area contributed by atoms with Gasteiger partial charge in [-0.1, -0.05) is 0 Å². The Morgan fingerprint density at radius 2 is 2.29 bits per heavy atom. The molecule has 0 radical (unpaired) electrons. The van der Waals surface area contributed by atoms with E-state index in [1.807, 2.05) is 0 Å². The monoisotopic (exact) mass is 256 g/mol. The molecule has 2 N–H and O–H groups in total. The van der Waals surface area contributed by atoms with Gasteiger partial charge in [0.25, 0.3) is 5.91 Å². The van der Waals surface area contributed by atoms with Gasteiger partial charge in [0.05, 0.1) is 17.3 Å². The lowest BCUT2D eigenvalue weighted by atomic mass is 10.2. The van der Waals surface area contributed by atoms with Gasteiger partial charge in [0.2, 0.25) is 0 Å². The van der Waals surface area contributed by atoms with Gasteiger partial charge in [-0.25, -0.2) is 9.78 Å². The molecule has 1 aliphatic heterocycles. The molecule has 1 saturated heterocycles. The van der Waals surface area contributed by atoms with E-state index in [0.717, 1.165) is 0 Å². The minimum atomic E-state index is -1.09. The number of carboxylic acid groups (broad SMARTS) is 1. The van der Waals surface area contributed by atoms with E-state index in [1.165, 1.54) is 16.2 Å². The molecule has 1 aromatic rings. The number of thiazole rings is 1. The van der Waals surface area contributed by atoms with Crippen LogP contribution in [0.1, 0.15) is 21.8 Å². The summed E-state index contributed by atoms with van der Waals surface area (Å²) < 4.78 is 0. The number of carbonyl (C=O) groups excluding carboxylic acids is 1. The molecular weight excluding hydrogens is 244 g/mol. The van der Waals surface area contributed by atoms with Gasteiger partial charge in [0.1, 0.15) is 10.9 Å². The summed E-state index contributed by atoms with van der Waals surface area (Å²) in [4.78, 5) is 28.7. The predicted molar refractivity (Wildman–Crippen MR) is 59.9 cm³/mol. The maximum Gasteiger partial charge on any atom is 0.326 e. The van der Waals surface area contributed by atoms with E-state index in [1.54, 1.807) is 12.4 Å². The first-order chi connectivity index (χ1) is 8.00. The number of aliphatic hydroxyl groups excluding tert-OH is 1. The standard InChI is InChI=1S/C10H12N2O4S/c1-5-8(17-4-11-5)9(14)12-3-6(13)2-7(12)10(15)16/h4,6-7,13H,2-3H2,1H3,(H,15,16)/t6-,7-/m1/s1. The summed E-state index contributed by atoms with van der Waals surface area (Å²) in [6, 6.07) is -0.945. The molecule has 92 valence electrons. The van der Waals surface area contributed by atoms with Crippen LogP contribution in [0.4, 0.5) is 0 Å². The summed E-state index contributed by atoms with van der Waals surface area (Å²) in [5.74, 6) is -1.45. The highest BCUT2D eigenvalue weighted by molar-refractivity contribution is 7.11. The zero-order valence-electron chi connectivity index (χ0n) is 9.16. The maximum absolute atomic E-state index is 12.1. The van der Waals surface area contributed by atoms with Crippen molar-refractivity contribution in [2.75, 3.05) is 6.54 Å². The van der Waals surface area contributed by atoms with Gasteiger partial charge in [-0.3, -0.25) is 4.79 Å². The van der Waals surface area contributed by atoms with Crippen LogP contribution in [-0.4, -0.2) is 50.7 Å². The second-order valence-corrected chi connectivity index (χ2v) is 4.82. The lowest BCUT2D eigenvalue weighted by Crippen LogP contribution is -2.40. The smallest absolute Gasteiger partial charge is 0.326 e. The Hall–Kier alpha value is -1.47.